The molecule has 0 atom stereocenters. The number of benzene rings is 1. The largest absolute Gasteiger partial charge is 0.380 e. The number of nitrogens with zero attached hydrogens (tertiary/aromatic N) is 3. The van der Waals surface area contributed by atoms with E-state index in [0.29, 0.717) is 19.1 Å². The number of aryl methyl sites for hydroxylation is 1. The predicted octanol–water partition coefficient (Wildman–Crippen LogP) is 1.86. The summed E-state index contributed by atoms with van der Waals surface area (Å²) in [6, 6.07) is 9.63. The van der Waals surface area contributed by atoms with Gasteiger partial charge in [0.05, 0.1) is 18.8 Å². The highest BCUT2D eigenvalue weighted by Crippen LogP contribution is 2.15. The van der Waals surface area contributed by atoms with Gasteiger partial charge in [-0.15, -0.1) is 0 Å². The van der Waals surface area contributed by atoms with Crippen LogP contribution in [0.15, 0.2) is 41.5 Å². The molecule has 0 radical (unpaired) electrons. The van der Waals surface area contributed by atoms with Gasteiger partial charge in [-0.05, 0) is 19.1 Å². The fourth-order valence-corrected chi connectivity index (χ4v) is 1.86. The summed E-state index contributed by atoms with van der Waals surface area (Å²) < 4.78 is 5.15. The fraction of sp³-hybridized carbons (Fsp3) is 0.267. The first-order valence-electron chi connectivity index (χ1n) is 6.61. The van der Waals surface area contributed by atoms with Gasteiger partial charge in [-0.3, -0.25) is 0 Å². The van der Waals surface area contributed by atoms with Crippen LogP contribution in [0.5, 0.6) is 0 Å². The number of ether oxygens (including phenoxy) is 1. The molecule has 2 rings (SSSR count). The SMILES string of the molecule is COCc1ccccc1NC(N)=NCc1ccnc(C)n1. The van der Waals surface area contributed by atoms with Crippen molar-refractivity contribution in [2.75, 3.05) is 12.4 Å². The molecule has 6 heteroatoms. The van der Waals surface area contributed by atoms with Crippen LogP contribution in [0.3, 0.4) is 0 Å². The van der Waals surface area contributed by atoms with E-state index in [-0.39, 0.29) is 0 Å². The molecule has 0 unspecified atom stereocenters. The second kappa shape index (κ2) is 7.35. The lowest BCUT2D eigenvalue weighted by Gasteiger charge is -2.10. The van der Waals surface area contributed by atoms with E-state index in [0.717, 1.165) is 22.8 Å². The Hall–Kier alpha value is -2.47. The number of hydrogen-bond donors (Lipinski definition) is 2. The lowest BCUT2D eigenvalue weighted by molar-refractivity contribution is 0.185. The van der Waals surface area contributed by atoms with E-state index in [2.05, 4.69) is 20.3 Å². The molecule has 0 bridgehead atoms. The number of rotatable bonds is 5. The number of aromatic nitrogens is 2. The number of para-hydroxylation sites is 1. The van der Waals surface area contributed by atoms with Gasteiger partial charge in [-0.1, -0.05) is 18.2 Å². The zero-order chi connectivity index (χ0) is 15.1. The van der Waals surface area contributed by atoms with Crippen LogP contribution in [0, 0.1) is 6.92 Å². The topological polar surface area (TPSA) is 85.4 Å². The van der Waals surface area contributed by atoms with E-state index >= 15 is 0 Å². The van der Waals surface area contributed by atoms with Crippen LogP contribution in [0.4, 0.5) is 5.69 Å². The summed E-state index contributed by atoms with van der Waals surface area (Å²) >= 11 is 0. The van der Waals surface area contributed by atoms with E-state index in [1.54, 1.807) is 13.3 Å². The van der Waals surface area contributed by atoms with Crippen LogP contribution in [0.2, 0.25) is 0 Å². The molecule has 0 saturated carbocycles. The molecule has 1 heterocycles. The maximum Gasteiger partial charge on any atom is 0.193 e. The first-order valence-corrected chi connectivity index (χ1v) is 6.61. The zero-order valence-corrected chi connectivity index (χ0v) is 12.2. The monoisotopic (exact) mass is 285 g/mol. The molecule has 0 aliphatic rings. The molecule has 0 spiro atoms. The summed E-state index contributed by atoms with van der Waals surface area (Å²) in [7, 11) is 1.66. The highest BCUT2D eigenvalue weighted by Gasteiger charge is 2.02. The van der Waals surface area contributed by atoms with Crippen molar-refractivity contribution in [1.82, 2.24) is 9.97 Å². The molecule has 21 heavy (non-hydrogen) atoms. The summed E-state index contributed by atoms with van der Waals surface area (Å²) in [6.45, 7) is 2.77. The van der Waals surface area contributed by atoms with Crippen LogP contribution in [0.1, 0.15) is 17.1 Å². The number of guanidine groups is 1. The van der Waals surface area contributed by atoms with E-state index in [4.69, 9.17) is 10.5 Å². The minimum atomic E-state index is 0.342. The fourth-order valence-electron chi connectivity index (χ4n) is 1.86. The van der Waals surface area contributed by atoms with Gasteiger partial charge in [-0.25, -0.2) is 15.0 Å². The van der Waals surface area contributed by atoms with Crippen LogP contribution < -0.4 is 11.1 Å². The normalized spacial score (nSPS) is 11.4. The van der Waals surface area contributed by atoms with Crippen molar-refractivity contribution >= 4 is 11.6 Å². The summed E-state index contributed by atoms with van der Waals surface area (Å²) in [5.74, 6) is 1.06. The third kappa shape index (κ3) is 4.54. The third-order valence-electron chi connectivity index (χ3n) is 2.83. The van der Waals surface area contributed by atoms with Crippen LogP contribution >= 0.6 is 0 Å². The number of aliphatic imine (C=N–C) groups is 1. The Labute approximate surface area is 124 Å². The molecule has 0 aliphatic heterocycles. The maximum atomic E-state index is 5.91. The molecular weight excluding hydrogens is 266 g/mol. The smallest absolute Gasteiger partial charge is 0.193 e. The summed E-state index contributed by atoms with van der Waals surface area (Å²) in [5, 5.41) is 3.08. The Balaban J connectivity index is 2.04. The van der Waals surface area contributed by atoms with Crippen molar-refractivity contribution in [3.63, 3.8) is 0 Å². The first-order chi connectivity index (χ1) is 10.2. The second-order valence-corrected chi connectivity index (χ2v) is 4.51. The average Bonchev–Trinajstić information content (AvgIpc) is 2.48. The predicted molar refractivity (Wildman–Crippen MR) is 82.9 cm³/mol. The second-order valence-electron chi connectivity index (χ2n) is 4.51. The molecule has 0 saturated heterocycles. The molecule has 0 amide bonds. The molecular formula is C15H19N5O. The molecule has 0 fully saturated rings. The summed E-state index contributed by atoms with van der Waals surface area (Å²) in [4.78, 5) is 12.6. The Bertz CT molecular complexity index is 627. The van der Waals surface area contributed by atoms with Crippen molar-refractivity contribution in [2.45, 2.75) is 20.1 Å². The number of methoxy groups -OCH3 is 1. The number of nitrogens with one attached hydrogen (secondary N) is 1. The standard InChI is InChI=1S/C15H19N5O/c1-11-17-8-7-13(19-11)9-18-15(16)20-14-6-4-3-5-12(14)10-21-2/h3-8H,9-10H2,1-2H3,(H3,16,18,20). The van der Waals surface area contributed by atoms with Crippen molar-refractivity contribution in [2.24, 2.45) is 10.7 Å². The van der Waals surface area contributed by atoms with Gasteiger partial charge in [-0.2, -0.15) is 0 Å². The van der Waals surface area contributed by atoms with Gasteiger partial charge in [0.2, 0.25) is 0 Å². The van der Waals surface area contributed by atoms with Gasteiger partial charge < -0.3 is 15.8 Å². The number of hydrogen-bond acceptors (Lipinski definition) is 4. The maximum absolute atomic E-state index is 5.91. The number of anilines is 1. The van der Waals surface area contributed by atoms with Crippen LogP contribution in [-0.4, -0.2) is 23.0 Å². The number of nitrogens with two attached hydrogens (primary N) is 1. The van der Waals surface area contributed by atoms with Gasteiger partial charge in [0.25, 0.3) is 0 Å². The Kier molecular flexibility index (Phi) is 5.22. The van der Waals surface area contributed by atoms with Crippen LogP contribution in [0.25, 0.3) is 0 Å². The minimum absolute atomic E-state index is 0.342. The molecule has 3 N–H and O–H groups in total. The first kappa shape index (κ1) is 14.9. The van der Waals surface area contributed by atoms with Crippen molar-refractivity contribution in [1.29, 1.82) is 0 Å². The zero-order valence-electron chi connectivity index (χ0n) is 12.2. The minimum Gasteiger partial charge on any atom is -0.380 e. The molecule has 6 nitrogen and oxygen atoms in total. The third-order valence-corrected chi connectivity index (χ3v) is 2.83. The summed E-state index contributed by atoms with van der Waals surface area (Å²) in [6.07, 6.45) is 1.71. The van der Waals surface area contributed by atoms with Gasteiger partial charge in [0.15, 0.2) is 5.96 Å². The van der Waals surface area contributed by atoms with Gasteiger partial charge >= 0.3 is 0 Å². The quantitative estimate of drug-likeness (QED) is 0.647. The Morgan fingerprint density at radius 1 is 1.33 bits per heavy atom. The van der Waals surface area contributed by atoms with Gasteiger partial charge in [0.1, 0.15) is 5.82 Å². The average molecular weight is 285 g/mol. The lowest BCUT2D eigenvalue weighted by Crippen LogP contribution is -2.23. The molecule has 1 aromatic carbocycles. The summed E-state index contributed by atoms with van der Waals surface area (Å²) in [5.41, 5.74) is 8.65. The van der Waals surface area contributed by atoms with Gasteiger partial charge in [0, 0.05) is 24.6 Å². The van der Waals surface area contributed by atoms with Crippen molar-refractivity contribution in [3.8, 4) is 0 Å². The Morgan fingerprint density at radius 3 is 2.90 bits per heavy atom. The van der Waals surface area contributed by atoms with E-state index in [1.165, 1.54) is 0 Å². The van der Waals surface area contributed by atoms with Crippen LogP contribution in [-0.2, 0) is 17.9 Å². The van der Waals surface area contributed by atoms with E-state index < -0.39 is 0 Å². The van der Waals surface area contributed by atoms with E-state index in [1.807, 2.05) is 37.3 Å². The van der Waals surface area contributed by atoms with E-state index in [9.17, 15) is 0 Å². The highest BCUT2D eigenvalue weighted by atomic mass is 16.5. The van der Waals surface area contributed by atoms with Crippen molar-refractivity contribution in [3.05, 3.63) is 53.6 Å². The lowest BCUT2D eigenvalue weighted by atomic mass is 10.2. The molecule has 0 aliphatic carbocycles. The molecule has 110 valence electrons. The Morgan fingerprint density at radius 2 is 2.14 bits per heavy atom. The molecule has 2 aromatic rings. The highest BCUT2D eigenvalue weighted by molar-refractivity contribution is 5.92. The molecule has 1 aromatic heterocycles. The van der Waals surface area contributed by atoms with Crippen molar-refractivity contribution < 1.29 is 4.74 Å².